The summed E-state index contributed by atoms with van der Waals surface area (Å²) < 4.78 is 10.5. The van der Waals surface area contributed by atoms with Crippen LogP contribution in [0.5, 0.6) is 0 Å². The molecule has 2 nitrogen and oxygen atoms in total. The van der Waals surface area contributed by atoms with Crippen LogP contribution in [0.3, 0.4) is 0 Å². The molecule has 0 unspecified atom stereocenters. The Morgan fingerprint density at radius 2 is 1.33 bits per heavy atom. The Kier molecular flexibility index (Phi) is 13.4. The predicted octanol–water partition coefficient (Wildman–Crippen LogP) is 5.06. The minimum atomic E-state index is 0.455. The SMILES string of the molecule is C=COCC(CCCCCCCCC)COC=C. The second kappa shape index (κ2) is 14.1. The van der Waals surface area contributed by atoms with Gasteiger partial charge in [-0.05, 0) is 6.42 Å². The van der Waals surface area contributed by atoms with E-state index in [9.17, 15) is 0 Å². The van der Waals surface area contributed by atoms with Crippen LogP contribution in [0.4, 0.5) is 0 Å². The number of unbranched alkanes of at least 4 members (excludes halogenated alkanes) is 6. The van der Waals surface area contributed by atoms with Crippen LogP contribution in [-0.2, 0) is 9.47 Å². The molecule has 106 valence electrons. The molecule has 0 aromatic carbocycles. The highest BCUT2D eigenvalue weighted by Gasteiger charge is 2.08. The van der Waals surface area contributed by atoms with Crippen molar-refractivity contribution in [3.63, 3.8) is 0 Å². The van der Waals surface area contributed by atoms with Crippen LogP contribution >= 0.6 is 0 Å². The molecule has 0 N–H and O–H groups in total. The third-order valence-electron chi connectivity index (χ3n) is 3.12. The molecule has 0 amide bonds. The summed E-state index contributed by atoms with van der Waals surface area (Å²) >= 11 is 0. The van der Waals surface area contributed by atoms with Crippen molar-refractivity contribution in [2.75, 3.05) is 13.2 Å². The molecule has 0 spiro atoms. The molecule has 18 heavy (non-hydrogen) atoms. The first-order valence-electron chi connectivity index (χ1n) is 7.30. The van der Waals surface area contributed by atoms with E-state index in [1.54, 1.807) is 0 Å². The van der Waals surface area contributed by atoms with Gasteiger partial charge in [-0.3, -0.25) is 0 Å². The zero-order valence-corrected chi connectivity index (χ0v) is 12.0. The first-order valence-corrected chi connectivity index (χ1v) is 7.30. The molecule has 0 heterocycles. The number of hydrogen-bond acceptors (Lipinski definition) is 2. The van der Waals surface area contributed by atoms with Gasteiger partial charge in [0.25, 0.3) is 0 Å². The van der Waals surface area contributed by atoms with Crippen molar-refractivity contribution in [1.82, 2.24) is 0 Å². The van der Waals surface area contributed by atoms with Crippen LogP contribution in [0.25, 0.3) is 0 Å². The molecule has 0 fully saturated rings. The predicted molar refractivity (Wildman–Crippen MR) is 78.4 cm³/mol. The van der Waals surface area contributed by atoms with Gasteiger partial charge in [-0.25, -0.2) is 0 Å². The Morgan fingerprint density at radius 1 is 0.833 bits per heavy atom. The fourth-order valence-electron chi connectivity index (χ4n) is 2.01. The van der Waals surface area contributed by atoms with Crippen LogP contribution < -0.4 is 0 Å². The van der Waals surface area contributed by atoms with Gasteiger partial charge >= 0.3 is 0 Å². The molecule has 0 aromatic heterocycles. The van der Waals surface area contributed by atoms with Crippen LogP contribution in [-0.4, -0.2) is 13.2 Å². The second-order valence-electron chi connectivity index (χ2n) is 4.78. The Balaban J connectivity index is 3.48. The summed E-state index contributed by atoms with van der Waals surface area (Å²) in [5.41, 5.74) is 0. The molecule has 0 aliphatic carbocycles. The highest BCUT2D eigenvalue weighted by atomic mass is 16.5. The Bertz CT molecular complexity index is 178. The lowest BCUT2D eigenvalue weighted by Crippen LogP contribution is -2.13. The average molecular weight is 254 g/mol. The van der Waals surface area contributed by atoms with Gasteiger partial charge in [-0.1, -0.05) is 65.0 Å². The minimum Gasteiger partial charge on any atom is -0.501 e. The Morgan fingerprint density at radius 3 is 1.83 bits per heavy atom. The molecule has 0 bridgehead atoms. The minimum absolute atomic E-state index is 0.455. The normalized spacial score (nSPS) is 10.3. The highest BCUT2D eigenvalue weighted by molar-refractivity contribution is 4.63. The lowest BCUT2D eigenvalue weighted by atomic mass is 10.0. The zero-order valence-electron chi connectivity index (χ0n) is 12.0. The van der Waals surface area contributed by atoms with E-state index in [1.807, 2.05) is 0 Å². The van der Waals surface area contributed by atoms with Gasteiger partial charge < -0.3 is 9.47 Å². The summed E-state index contributed by atoms with van der Waals surface area (Å²) in [4.78, 5) is 0. The van der Waals surface area contributed by atoms with Crippen molar-refractivity contribution in [2.24, 2.45) is 5.92 Å². The van der Waals surface area contributed by atoms with Crippen molar-refractivity contribution < 1.29 is 9.47 Å². The topological polar surface area (TPSA) is 18.5 Å². The van der Waals surface area contributed by atoms with Crippen molar-refractivity contribution in [3.05, 3.63) is 25.7 Å². The third kappa shape index (κ3) is 11.6. The molecule has 0 radical (unpaired) electrons. The maximum atomic E-state index is 5.25. The fraction of sp³-hybridized carbons (Fsp3) is 0.750. The zero-order chi connectivity index (χ0) is 13.5. The molecule has 0 saturated carbocycles. The largest absolute Gasteiger partial charge is 0.501 e. The van der Waals surface area contributed by atoms with Crippen LogP contribution in [0.15, 0.2) is 25.7 Å². The van der Waals surface area contributed by atoms with E-state index in [2.05, 4.69) is 20.1 Å². The van der Waals surface area contributed by atoms with Crippen molar-refractivity contribution in [2.45, 2.75) is 58.3 Å². The first-order chi connectivity index (χ1) is 8.85. The van der Waals surface area contributed by atoms with Gasteiger partial charge in [0, 0.05) is 5.92 Å². The van der Waals surface area contributed by atoms with E-state index >= 15 is 0 Å². The number of rotatable bonds is 14. The smallest absolute Gasteiger partial charge is 0.0933 e. The Labute approximate surface area is 113 Å². The number of ether oxygens (including phenoxy) is 2. The summed E-state index contributed by atoms with van der Waals surface area (Å²) in [7, 11) is 0. The van der Waals surface area contributed by atoms with E-state index < -0.39 is 0 Å². The maximum Gasteiger partial charge on any atom is 0.0933 e. The van der Waals surface area contributed by atoms with Gasteiger partial charge in [0.15, 0.2) is 0 Å². The first kappa shape index (κ1) is 17.1. The van der Waals surface area contributed by atoms with Crippen LogP contribution in [0.1, 0.15) is 58.3 Å². The summed E-state index contributed by atoms with van der Waals surface area (Å²) in [5, 5.41) is 0. The molecule has 0 aromatic rings. The molecule has 0 rings (SSSR count). The van der Waals surface area contributed by atoms with Gasteiger partial charge in [0.05, 0.1) is 25.7 Å². The molecule has 2 heteroatoms. The summed E-state index contributed by atoms with van der Waals surface area (Å²) in [6.07, 6.45) is 13.6. The summed E-state index contributed by atoms with van der Waals surface area (Å²) in [6, 6.07) is 0. The maximum absolute atomic E-state index is 5.25. The molecule has 0 aliphatic rings. The monoisotopic (exact) mass is 254 g/mol. The van der Waals surface area contributed by atoms with Crippen LogP contribution in [0, 0.1) is 5.92 Å². The van der Waals surface area contributed by atoms with Crippen molar-refractivity contribution >= 4 is 0 Å². The lowest BCUT2D eigenvalue weighted by molar-refractivity contribution is 0.116. The van der Waals surface area contributed by atoms with Gasteiger partial charge in [-0.15, -0.1) is 0 Å². The van der Waals surface area contributed by atoms with Gasteiger partial charge in [0.2, 0.25) is 0 Å². The van der Waals surface area contributed by atoms with Crippen molar-refractivity contribution in [3.8, 4) is 0 Å². The lowest BCUT2D eigenvalue weighted by Gasteiger charge is -2.15. The standard InChI is InChI=1S/C16H30O2/c1-4-7-8-9-10-11-12-13-16(14-17-5-2)15-18-6-3/h5-6,16H,2-4,7-15H2,1H3. The average Bonchev–Trinajstić information content (AvgIpc) is 2.40. The summed E-state index contributed by atoms with van der Waals surface area (Å²) in [6.45, 7) is 10.8. The van der Waals surface area contributed by atoms with Gasteiger partial charge in [0.1, 0.15) is 0 Å². The van der Waals surface area contributed by atoms with E-state index in [0.29, 0.717) is 19.1 Å². The van der Waals surface area contributed by atoms with E-state index in [4.69, 9.17) is 9.47 Å². The molecule has 0 aliphatic heterocycles. The van der Waals surface area contributed by atoms with Crippen molar-refractivity contribution in [1.29, 1.82) is 0 Å². The quantitative estimate of drug-likeness (QED) is 0.318. The molecule has 0 saturated heterocycles. The van der Waals surface area contributed by atoms with E-state index in [1.165, 1.54) is 57.5 Å². The third-order valence-corrected chi connectivity index (χ3v) is 3.12. The van der Waals surface area contributed by atoms with Crippen LogP contribution in [0.2, 0.25) is 0 Å². The fourth-order valence-corrected chi connectivity index (χ4v) is 2.01. The molecule has 0 atom stereocenters. The highest BCUT2D eigenvalue weighted by Crippen LogP contribution is 2.14. The number of hydrogen-bond donors (Lipinski definition) is 0. The second-order valence-corrected chi connectivity index (χ2v) is 4.78. The molecular weight excluding hydrogens is 224 g/mol. The van der Waals surface area contributed by atoms with E-state index in [-0.39, 0.29) is 0 Å². The van der Waals surface area contributed by atoms with Gasteiger partial charge in [-0.2, -0.15) is 0 Å². The summed E-state index contributed by atoms with van der Waals surface area (Å²) in [5.74, 6) is 0.455. The van der Waals surface area contributed by atoms with E-state index in [0.717, 1.165) is 6.42 Å². The Hall–Kier alpha value is -0.920. The molecular formula is C16H30O2.